The second-order valence-electron chi connectivity index (χ2n) is 2.90. The molecule has 0 rings (SSSR count). The number of aliphatic imine (C=N–C) groups is 1. The van der Waals surface area contributed by atoms with Crippen LogP contribution in [0.25, 0.3) is 0 Å². The first-order chi connectivity index (χ1) is 6.80. The van der Waals surface area contributed by atoms with Crippen LogP contribution in [0.2, 0.25) is 0 Å². The number of hydrogen-bond donors (Lipinski definition) is 4. The van der Waals surface area contributed by atoms with Gasteiger partial charge in [0.15, 0.2) is 5.96 Å². The number of nitro groups is 1. The van der Waals surface area contributed by atoms with Crippen molar-refractivity contribution in [1.29, 1.82) is 0 Å². The maximum absolute atomic E-state index is 10.5. The largest absolute Gasteiger partial charge is 0.475 e. The van der Waals surface area contributed by atoms with Crippen LogP contribution in [-0.2, 0) is 4.79 Å². The van der Waals surface area contributed by atoms with E-state index in [4.69, 9.17) is 22.3 Å². The number of nitrogens with two attached hydrogens (primary N) is 3. The maximum atomic E-state index is 10.5. The van der Waals surface area contributed by atoms with E-state index >= 15 is 0 Å². The number of aliphatic carboxylic acids is 1. The fourth-order valence-corrected chi connectivity index (χ4v) is 0.833. The average Bonchev–Trinajstić information content (AvgIpc) is 2.10. The van der Waals surface area contributed by atoms with Crippen molar-refractivity contribution in [3.8, 4) is 0 Å². The van der Waals surface area contributed by atoms with Gasteiger partial charge in [0.2, 0.25) is 0 Å². The highest BCUT2D eigenvalue weighted by atomic mass is 16.6. The lowest BCUT2D eigenvalue weighted by Gasteiger charge is -2.14. The SMILES string of the molecule is NC(N)=NCCC[C@@](N)(C(=O)O)[N+](=O)[O-]. The Morgan fingerprint density at radius 3 is 2.40 bits per heavy atom. The summed E-state index contributed by atoms with van der Waals surface area (Å²) >= 11 is 0. The molecule has 0 bridgehead atoms. The second-order valence-corrected chi connectivity index (χ2v) is 2.90. The lowest BCUT2D eigenvalue weighted by Crippen LogP contribution is -2.54. The first-order valence-electron chi connectivity index (χ1n) is 4.03. The van der Waals surface area contributed by atoms with Crippen molar-refractivity contribution in [2.75, 3.05) is 6.54 Å². The van der Waals surface area contributed by atoms with Gasteiger partial charge in [-0.05, 0) is 6.42 Å². The van der Waals surface area contributed by atoms with E-state index in [1.807, 2.05) is 0 Å². The van der Waals surface area contributed by atoms with Crippen LogP contribution in [0.3, 0.4) is 0 Å². The van der Waals surface area contributed by atoms with Gasteiger partial charge in [-0.25, -0.2) is 4.79 Å². The Bertz CT molecular complexity index is 271. The molecule has 0 fully saturated rings. The molecule has 0 unspecified atom stereocenters. The number of carboxylic acid groups (broad SMARTS) is 1. The Balaban J connectivity index is 4.28. The van der Waals surface area contributed by atoms with Crippen molar-refractivity contribution in [2.24, 2.45) is 22.2 Å². The molecule has 0 spiro atoms. The first kappa shape index (κ1) is 13.1. The third kappa shape index (κ3) is 3.77. The summed E-state index contributed by atoms with van der Waals surface area (Å²) in [5, 5.41) is 19.0. The highest BCUT2D eigenvalue weighted by Crippen LogP contribution is 2.10. The minimum Gasteiger partial charge on any atom is -0.475 e. The van der Waals surface area contributed by atoms with Crippen molar-refractivity contribution in [3.63, 3.8) is 0 Å². The molecule has 0 aromatic rings. The van der Waals surface area contributed by atoms with Crippen LogP contribution < -0.4 is 17.2 Å². The van der Waals surface area contributed by atoms with E-state index in [-0.39, 0.29) is 25.3 Å². The normalized spacial score (nSPS) is 13.9. The molecule has 7 N–H and O–H groups in total. The van der Waals surface area contributed by atoms with Gasteiger partial charge in [-0.2, -0.15) is 0 Å². The molecule has 15 heavy (non-hydrogen) atoms. The molecule has 0 aliphatic rings. The van der Waals surface area contributed by atoms with E-state index < -0.39 is 16.6 Å². The predicted molar refractivity (Wildman–Crippen MR) is 51.5 cm³/mol. The van der Waals surface area contributed by atoms with Crippen LogP contribution in [0, 0.1) is 10.1 Å². The summed E-state index contributed by atoms with van der Waals surface area (Å²) in [7, 11) is 0. The van der Waals surface area contributed by atoms with Crippen LogP contribution in [0.4, 0.5) is 0 Å². The molecule has 1 atom stereocenters. The van der Waals surface area contributed by atoms with E-state index in [0.29, 0.717) is 0 Å². The van der Waals surface area contributed by atoms with Gasteiger partial charge in [0.1, 0.15) is 0 Å². The monoisotopic (exact) mass is 219 g/mol. The second kappa shape index (κ2) is 5.10. The summed E-state index contributed by atoms with van der Waals surface area (Å²) in [6, 6.07) is 0. The van der Waals surface area contributed by atoms with Gasteiger partial charge in [0, 0.05) is 13.0 Å². The molecular formula is C6H13N5O4. The van der Waals surface area contributed by atoms with Gasteiger partial charge in [-0.1, -0.05) is 0 Å². The molecule has 0 radical (unpaired) electrons. The number of rotatable bonds is 6. The maximum Gasteiger partial charge on any atom is 0.398 e. The quantitative estimate of drug-likeness (QED) is 0.100. The van der Waals surface area contributed by atoms with E-state index in [1.165, 1.54) is 0 Å². The van der Waals surface area contributed by atoms with Crippen molar-refractivity contribution in [1.82, 2.24) is 0 Å². The zero-order chi connectivity index (χ0) is 12.1. The van der Waals surface area contributed by atoms with Crippen LogP contribution in [0.15, 0.2) is 4.99 Å². The standard InChI is InChI=1S/C6H13N5O4/c7-5(8)10-3-1-2-6(9,4(12)13)11(14)15/h1-3,9H2,(H,12,13)(H4,7,8,10)/t6-/m0/s1. The van der Waals surface area contributed by atoms with E-state index in [9.17, 15) is 14.9 Å². The minimum atomic E-state index is -2.47. The number of hydrogen-bond acceptors (Lipinski definition) is 5. The Morgan fingerprint density at radius 2 is 2.07 bits per heavy atom. The van der Waals surface area contributed by atoms with Crippen LogP contribution in [0.1, 0.15) is 12.8 Å². The van der Waals surface area contributed by atoms with Crippen LogP contribution in [-0.4, -0.2) is 34.2 Å². The Morgan fingerprint density at radius 1 is 1.53 bits per heavy atom. The lowest BCUT2D eigenvalue weighted by molar-refractivity contribution is -0.555. The summed E-state index contributed by atoms with van der Waals surface area (Å²) in [5.74, 6) is -1.84. The zero-order valence-electron chi connectivity index (χ0n) is 7.92. The molecule has 86 valence electrons. The van der Waals surface area contributed by atoms with Gasteiger partial charge in [0.25, 0.3) is 0 Å². The van der Waals surface area contributed by atoms with Crippen molar-refractivity contribution in [3.05, 3.63) is 10.1 Å². The smallest absolute Gasteiger partial charge is 0.398 e. The summed E-state index contributed by atoms with van der Waals surface area (Å²) in [5.41, 5.74) is 12.6. The molecule has 0 amide bonds. The van der Waals surface area contributed by atoms with Gasteiger partial charge in [-0.3, -0.25) is 20.8 Å². The van der Waals surface area contributed by atoms with E-state index in [2.05, 4.69) is 4.99 Å². The third-order valence-electron chi connectivity index (χ3n) is 1.71. The van der Waals surface area contributed by atoms with Crippen molar-refractivity contribution >= 4 is 11.9 Å². The van der Waals surface area contributed by atoms with Gasteiger partial charge >= 0.3 is 11.6 Å². The molecular weight excluding hydrogens is 206 g/mol. The van der Waals surface area contributed by atoms with Crippen molar-refractivity contribution in [2.45, 2.75) is 18.5 Å². The molecule has 9 nitrogen and oxygen atoms in total. The number of nitrogens with zero attached hydrogens (tertiary/aromatic N) is 2. The molecule has 0 aliphatic carbocycles. The summed E-state index contributed by atoms with van der Waals surface area (Å²) in [6.07, 6.45) is -0.228. The van der Waals surface area contributed by atoms with Gasteiger partial charge < -0.3 is 16.6 Å². The number of carbonyl (C=O) groups is 1. The molecule has 0 heterocycles. The Hall–Kier alpha value is -1.90. The first-order valence-corrected chi connectivity index (χ1v) is 4.03. The van der Waals surface area contributed by atoms with Crippen LogP contribution in [0.5, 0.6) is 0 Å². The zero-order valence-corrected chi connectivity index (χ0v) is 7.92. The Labute approximate surface area is 85.1 Å². The number of carboxylic acids is 1. The average molecular weight is 219 g/mol. The molecule has 0 aliphatic heterocycles. The van der Waals surface area contributed by atoms with Crippen molar-refractivity contribution < 1.29 is 14.8 Å². The molecule has 0 saturated heterocycles. The highest BCUT2D eigenvalue weighted by Gasteiger charge is 2.46. The molecule has 9 heteroatoms. The van der Waals surface area contributed by atoms with E-state index in [0.717, 1.165) is 0 Å². The van der Waals surface area contributed by atoms with Gasteiger partial charge in [0.05, 0.1) is 4.92 Å². The summed E-state index contributed by atoms with van der Waals surface area (Å²) < 4.78 is 0. The summed E-state index contributed by atoms with van der Waals surface area (Å²) in [6.45, 7) is 0.0996. The topological polar surface area (TPSA) is 171 Å². The molecule has 0 aromatic carbocycles. The molecule has 0 saturated carbocycles. The fraction of sp³-hybridized carbons (Fsp3) is 0.667. The number of guanidine groups is 1. The Kier molecular flexibility index (Phi) is 4.45. The summed E-state index contributed by atoms with van der Waals surface area (Å²) in [4.78, 5) is 23.5. The predicted octanol–water partition coefficient (Wildman–Crippen LogP) is -1.94. The third-order valence-corrected chi connectivity index (χ3v) is 1.71. The van der Waals surface area contributed by atoms with Crippen LogP contribution >= 0.6 is 0 Å². The fourth-order valence-electron chi connectivity index (χ4n) is 0.833. The lowest BCUT2D eigenvalue weighted by atomic mass is 10.1. The molecule has 0 aromatic heterocycles. The van der Waals surface area contributed by atoms with E-state index in [1.54, 1.807) is 0 Å². The highest BCUT2D eigenvalue weighted by molar-refractivity contribution is 5.76. The van der Waals surface area contributed by atoms with Gasteiger partial charge in [-0.15, -0.1) is 0 Å². The minimum absolute atomic E-state index is 0.0996.